The molecule has 1 fully saturated rings. The number of hydrogen-bond donors (Lipinski definition) is 1. The summed E-state index contributed by atoms with van der Waals surface area (Å²) in [5.41, 5.74) is 1.01. The first-order valence-electron chi connectivity index (χ1n) is 10.8. The lowest BCUT2D eigenvalue weighted by molar-refractivity contribution is -0.114. The van der Waals surface area contributed by atoms with Crippen molar-refractivity contribution in [1.29, 1.82) is 0 Å². The van der Waals surface area contributed by atoms with Crippen LogP contribution in [0.5, 0.6) is 5.75 Å². The molecule has 0 radical (unpaired) electrons. The molecule has 0 saturated carbocycles. The molecule has 0 aromatic heterocycles. The summed E-state index contributed by atoms with van der Waals surface area (Å²) >= 11 is 0. The minimum absolute atomic E-state index is 0.211. The molecule has 3 rings (SSSR count). The molecule has 0 spiro atoms. The van der Waals surface area contributed by atoms with Gasteiger partial charge in [-0.15, -0.1) is 0 Å². The zero-order chi connectivity index (χ0) is 23.8. The van der Waals surface area contributed by atoms with Crippen molar-refractivity contribution in [2.45, 2.75) is 13.3 Å². The number of sulfonamides is 1. The first-order chi connectivity index (χ1) is 15.8. The van der Waals surface area contributed by atoms with Crippen LogP contribution in [0.1, 0.15) is 23.7 Å². The number of benzene rings is 2. The van der Waals surface area contributed by atoms with E-state index < -0.39 is 22.5 Å². The number of morpholine rings is 1. The third-order valence-corrected chi connectivity index (χ3v) is 6.16. The fourth-order valence-electron chi connectivity index (χ4n) is 3.36. The van der Waals surface area contributed by atoms with E-state index in [2.05, 4.69) is 5.32 Å². The molecule has 0 unspecified atom stereocenters. The summed E-state index contributed by atoms with van der Waals surface area (Å²) in [5.74, 6) is -0.153. The van der Waals surface area contributed by atoms with Crippen molar-refractivity contribution in [1.82, 2.24) is 4.90 Å². The monoisotopic (exact) mass is 475 g/mol. The van der Waals surface area contributed by atoms with E-state index in [4.69, 9.17) is 9.47 Å². The highest BCUT2D eigenvalue weighted by molar-refractivity contribution is 7.92. The van der Waals surface area contributed by atoms with Gasteiger partial charge in [0.15, 0.2) is 0 Å². The van der Waals surface area contributed by atoms with E-state index in [0.29, 0.717) is 55.6 Å². The van der Waals surface area contributed by atoms with Crippen LogP contribution >= 0.6 is 0 Å². The Morgan fingerprint density at radius 3 is 2.39 bits per heavy atom. The largest absolute Gasteiger partial charge is 0.494 e. The molecule has 0 bridgehead atoms. The van der Waals surface area contributed by atoms with Crippen molar-refractivity contribution in [2.75, 3.05) is 55.3 Å². The van der Waals surface area contributed by atoms with Crippen molar-refractivity contribution in [2.24, 2.45) is 0 Å². The Bertz CT molecular complexity index is 1070. The van der Waals surface area contributed by atoms with E-state index in [9.17, 15) is 18.0 Å². The average molecular weight is 476 g/mol. The molecule has 9 nitrogen and oxygen atoms in total. The van der Waals surface area contributed by atoms with Gasteiger partial charge in [0.05, 0.1) is 43.0 Å². The van der Waals surface area contributed by atoms with E-state index in [1.807, 2.05) is 6.92 Å². The Morgan fingerprint density at radius 1 is 1.09 bits per heavy atom. The van der Waals surface area contributed by atoms with Crippen LogP contribution in [0.25, 0.3) is 0 Å². The van der Waals surface area contributed by atoms with Crippen LogP contribution in [0, 0.1) is 0 Å². The van der Waals surface area contributed by atoms with Gasteiger partial charge in [-0.25, -0.2) is 8.42 Å². The second kappa shape index (κ2) is 11.2. The number of rotatable bonds is 9. The number of nitrogens with one attached hydrogen (secondary N) is 1. The van der Waals surface area contributed by atoms with Crippen LogP contribution in [-0.4, -0.2) is 70.8 Å². The van der Waals surface area contributed by atoms with Gasteiger partial charge in [0.2, 0.25) is 15.9 Å². The topological polar surface area (TPSA) is 105 Å². The Balaban J connectivity index is 1.74. The van der Waals surface area contributed by atoms with Gasteiger partial charge in [-0.3, -0.25) is 13.9 Å². The highest BCUT2D eigenvalue weighted by Crippen LogP contribution is 2.23. The van der Waals surface area contributed by atoms with Crippen molar-refractivity contribution < 1.29 is 27.5 Å². The van der Waals surface area contributed by atoms with Gasteiger partial charge in [0.25, 0.3) is 5.91 Å². The Morgan fingerprint density at radius 2 is 1.76 bits per heavy atom. The highest BCUT2D eigenvalue weighted by atomic mass is 32.2. The molecule has 2 amide bonds. The van der Waals surface area contributed by atoms with E-state index in [0.717, 1.165) is 17.0 Å². The molecular weight excluding hydrogens is 446 g/mol. The van der Waals surface area contributed by atoms with Gasteiger partial charge < -0.3 is 19.7 Å². The van der Waals surface area contributed by atoms with Crippen LogP contribution in [0.3, 0.4) is 0 Å². The van der Waals surface area contributed by atoms with Gasteiger partial charge >= 0.3 is 0 Å². The number of amides is 2. The molecule has 1 N–H and O–H groups in total. The summed E-state index contributed by atoms with van der Waals surface area (Å²) in [5, 5.41) is 2.69. The molecule has 10 heteroatoms. The maximum Gasteiger partial charge on any atom is 0.256 e. The smallest absolute Gasteiger partial charge is 0.256 e. The molecule has 1 heterocycles. The number of hydrogen-bond acceptors (Lipinski definition) is 6. The van der Waals surface area contributed by atoms with Crippen molar-refractivity contribution in [3.05, 3.63) is 54.1 Å². The quantitative estimate of drug-likeness (QED) is 0.597. The number of carbonyl (C=O) groups excluding carboxylic acids is 2. The van der Waals surface area contributed by atoms with E-state index in [1.54, 1.807) is 53.4 Å². The third kappa shape index (κ3) is 6.69. The summed E-state index contributed by atoms with van der Waals surface area (Å²) in [7, 11) is -3.74. The molecule has 2 aromatic carbocycles. The van der Waals surface area contributed by atoms with Crippen LogP contribution in [0.15, 0.2) is 48.5 Å². The molecule has 2 aromatic rings. The maximum absolute atomic E-state index is 12.9. The van der Waals surface area contributed by atoms with E-state index in [1.165, 1.54) is 0 Å². The first kappa shape index (κ1) is 24.5. The number of nitrogens with zero attached hydrogens (tertiary/aromatic N) is 2. The van der Waals surface area contributed by atoms with Crippen LogP contribution in [0.4, 0.5) is 11.4 Å². The number of para-hydroxylation sites is 1. The third-order valence-electron chi connectivity index (χ3n) is 5.01. The molecule has 0 aliphatic carbocycles. The van der Waals surface area contributed by atoms with Crippen molar-refractivity contribution >= 4 is 33.2 Å². The first-order valence-corrected chi connectivity index (χ1v) is 12.6. The summed E-state index contributed by atoms with van der Waals surface area (Å²) in [6.07, 6.45) is 1.89. The van der Waals surface area contributed by atoms with Gasteiger partial charge in [-0.1, -0.05) is 19.1 Å². The van der Waals surface area contributed by atoms with E-state index in [-0.39, 0.29) is 5.91 Å². The fraction of sp³-hybridized carbons (Fsp3) is 0.391. The summed E-state index contributed by atoms with van der Waals surface area (Å²) in [6, 6.07) is 13.2. The average Bonchev–Trinajstić information content (AvgIpc) is 2.81. The normalized spacial score (nSPS) is 13.9. The van der Waals surface area contributed by atoms with Gasteiger partial charge in [-0.2, -0.15) is 0 Å². The van der Waals surface area contributed by atoms with Crippen molar-refractivity contribution in [3.8, 4) is 5.75 Å². The predicted molar refractivity (Wildman–Crippen MR) is 126 cm³/mol. The molecule has 0 atom stereocenters. The van der Waals surface area contributed by atoms with Gasteiger partial charge in [-0.05, 0) is 42.8 Å². The standard InChI is InChI=1S/C23H29N3O6S/c1-3-14-32-19-10-8-18(9-11-19)26(33(2,29)30)17-22(27)24-21-7-5-4-6-20(21)23(28)25-12-15-31-16-13-25/h4-11H,3,12-17H2,1-2H3,(H,24,27). The van der Waals surface area contributed by atoms with Gasteiger partial charge in [0, 0.05) is 13.1 Å². The minimum Gasteiger partial charge on any atom is -0.494 e. The fourth-order valence-corrected chi connectivity index (χ4v) is 4.22. The number of ether oxygens (including phenoxy) is 2. The highest BCUT2D eigenvalue weighted by Gasteiger charge is 2.24. The van der Waals surface area contributed by atoms with Crippen LogP contribution in [-0.2, 0) is 19.6 Å². The Kier molecular flexibility index (Phi) is 8.29. The molecule has 178 valence electrons. The minimum atomic E-state index is -3.74. The lowest BCUT2D eigenvalue weighted by Crippen LogP contribution is -2.41. The van der Waals surface area contributed by atoms with E-state index >= 15 is 0 Å². The zero-order valence-corrected chi connectivity index (χ0v) is 19.6. The maximum atomic E-state index is 12.9. The van der Waals surface area contributed by atoms with Crippen LogP contribution < -0.4 is 14.4 Å². The summed E-state index contributed by atoms with van der Waals surface area (Å²) in [6.45, 7) is 3.98. The second-order valence-corrected chi connectivity index (χ2v) is 9.52. The lowest BCUT2D eigenvalue weighted by atomic mass is 10.1. The molecule has 1 aliphatic rings. The Hall–Kier alpha value is -3.11. The second-order valence-electron chi connectivity index (χ2n) is 7.61. The predicted octanol–water partition coefficient (Wildman–Crippen LogP) is 2.35. The molecule has 33 heavy (non-hydrogen) atoms. The molecule has 1 aliphatic heterocycles. The van der Waals surface area contributed by atoms with Gasteiger partial charge in [0.1, 0.15) is 12.3 Å². The summed E-state index contributed by atoms with van der Waals surface area (Å²) in [4.78, 5) is 27.4. The van der Waals surface area contributed by atoms with Crippen LogP contribution in [0.2, 0.25) is 0 Å². The summed E-state index contributed by atoms with van der Waals surface area (Å²) < 4.78 is 36.6. The Labute approximate surface area is 194 Å². The number of anilines is 2. The number of carbonyl (C=O) groups is 2. The van der Waals surface area contributed by atoms with Crippen molar-refractivity contribution in [3.63, 3.8) is 0 Å². The molecular formula is C23H29N3O6S. The SMILES string of the molecule is CCCOc1ccc(N(CC(=O)Nc2ccccc2C(=O)N2CCOCC2)S(C)(=O)=O)cc1. The lowest BCUT2D eigenvalue weighted by Gasteiger charge is -2.27. The molecule has 1 saturated heterocycles. The zero-order valence-electron chi connectivity index (χ0n) is 18.8.